The number of aromatic nitrogens is 5. The Morgan fingerprint density at radius 3 is 2.83 bits per heavy atom. The van der Waals surface area contributed by atoms with E-state index < -0.39 is 6.10 Å². The van der Waals surface area contributed by atoms with Crippen molar-refractivity contribution >= 4 is 29.7 Å². The van der Waals surface area contributed by atoms with E-state index in [9.17, 15) is 9.50 Å². The third-order valence-electron chi connectivity index (χ3n) is 4.62. The lowest BCUT2D eigenvalue weighted by Gasteiger charge is -2.25. The fourth-order valence-electron chi connectivity index (χ4n) is 3.38. The van der Waals surface area contributed by atoms with Crippen LogP contribution in [-0.4, -0.2) is 42.9 Å². The molecule has 0 bridgehead atoms. The first-order chi connectivity index (χ1) is 14.0. The van der Waals surface area contributed by atoms with Crippen molar-refractivity contribution < 1.29 is 9.50 Å². The summed E-state index contributed by atoms with van der Waals surface area (Å²) in [5, 5.41) is 20.2. The Balaban J connectivity index is 1.62. The van der Waals surface area contributed by atoms with E-state index in [-0.39, 0.29) is 23.8 Å². The Hall–Kier alpha value is -3.53. The molecule has 0 aliphatic carbocycles. The molecule has 1 aliphatic heterocycles. The van der Waals surface area contributed by atoms with Crippen LogP contribution in [0.5, 0.6) is 0 Å². The van der Waals surface area contributed by atoms with Gasteiger partial charge in [-0.3, -0.25) is 5.10 Å². The number of aliphatic hydroxyl groups is 1. The number of nitrogens with one attached hydrogen (secondary N) is 2. The Labute approximate surface area is 166 Å². The minimum absolute atomic E-state index is 0.0426. The molecule has 3 aromatic rings. The number of hydrogen-bond donors (Lipinski definition) is 4. The highest BCUT2D eigenvalue weighted by Crippen LogP contribution is 2.35. The molecule has 1 saturated heterocycles. The van der Waals surface area contributed by atoms with Crippen LogP contribution in [0, 0.1) is 5.82 Å². The average molecular weight is 396 g/mol. The molecule has 0 spiro atoms. The predicted octanol–water partition coefficient (Wildman–Crippen LogP) is 2.40. The Kier molecular flexibility index (Phi) is 5.09. The summed E-state index contributed by atoms with van der Waals surface area (Å²) in [6, 6.07) is 7.79. The number of nitrogens with two attached hydrogens (primary N) is 1. The number of hydrogen-bond acceptors (Lipinski definition) is 8. The van der Waals surface area contributed by atoms with Crippen molar-refractivity contribution in [3.05, 3.63) is 53.5 Å². The summed E-state index contributed by atoms with van der Waals surface area (Å²) in [6.07, 6.45) is 3.69. The second-order valence-electron chi connectivity index (χ2n) is 6.76. The zero-order chi connectivity index (χ0) is 20.4. The van der Waals surface area contributed by atoms with Crippen LogP contribution >= 0.6 is 0 Å². The lowest BCUT2D eigenvalue weighted by atomic mass is 10.0. The number of allylic oxidation sites excluding steroid dienone is 1. The Morgan fingerprint density at radius 1 is 1.28 bits per heavy atom. The van der Waals surface area contributed by atoms with Crippen LogP contribution in [0.2, 0.25) is 0 Å². The van der Waals surface area contributed by atoms with Crippen molar-refractivity contribution in [1.82, 2.24) is 25.1 Å². The van der Waals surface area contributed by atoms with Gasteiger partial charge in [0.2, 0.25) is 17.8 Å². The molecule has 9 nitrogen and oxygen atoms in total. The highest BCUT2D eigenvalue weighted by molar-refractivity contribution is 5.56. The lowest BCUT2D eigenvalue weighted by molar-refractivity contribution is 0.194. The third-order valence-corrected chi connectivity index (χ3v) is 4.62. The van der Waals surface area contributed by atoms with Gasteiger partial charge in [-0.25, -0.2) is 4.39 Å². The minimum Gasteiger partial charge on any atom is -0.391 e. The third kappa shape index (κ3) is 4.16. The van der Waals surface area contributed by atoms with Crippen LogP contribution in [-0.2, 0) is 0 Å². The maximum absolute atomic E-state index is 13.3. The molecule has 1 aliphatic rings. The number of halogens is 1. The molecule has 150 valence electrons. The predicted molar refractivity (Wildman–Crippen MR) is 108 cm³/mol. The van der Waals surface area contributed by atoms with Gasteiger partial charge in [0.1, 0.15) is 5.82 Å². The van der Waals surface area contributed by atoms with Gasteiger partial charge in [0.05, 0.1) is 17.8 Å². The van der Waals surface area contributed by atoms with Crippen molar-refractivity contribution in [3.63, 3.8) is 0 Å². The van der Waals surface area contributed by atoms with Gasteiger partial charge in [-0.15, -0.1) is 0 Å². The van der Waals surface area contributed by atoms with Crippen molar-refractivity contribution in [3.8, 4) is 0 Å². The molecule has 1 fully saturated rings. The summed E-state index contributed by atoms with van der Waals surface area (Å²) in [4.78, 5) is 14.6. The number of aliphatic hydroxyl groups excluding tert-OH is 1. The molecular formula is C19H21FN8O. The Morgan fingerprint density at radius 2 is 2.07 bits per heavy atom. The number of rotatable bonds is 5. The van der Waals surface area contributed by atoms with Crippen LogP contribution in [0.1, 0.15) is 30.6 Å². The Bertz CT molecular complexity index is 1020. The van der Waals surface area contributed by atoms with Crippen LogP contribution < -0.4 is 16.0 Å². The van der Waals surface area contributed by atoms with Gasteiger partial charge in [-0.1, -0.05) is 18.2 Å². The summed E-state index contributed by atoms with van der Waals surface area (Å²) in [6.45, 7) is 2.24. The molecule has 10 heteroatoms. The number of H-pyrrole nitrogens is 1. The summed E-state index contributed by atoms with van der Waals surface area (Å²) in [5.41, 5.74) is 7.58. The first-order valence-electron chi connectivity index (χ1n) is 9.18. The maximum atomic E-state index is 13.3. The van der Waals surface area contributed by atoms with E-state index in [0.29, 0.717) is 24.7 Å². The summed E-state index contributed by atoms with van der Waals surface area (Å²) in [7, 11) is 0. The molecule has 1 aromatic carbocycles. The highest BCUT2D eigenvalue weighted by atomic mass is 19.1. The number of β-amino-alcohol motifs (C(OH)–C–C–N with tert-alkyl or cyclic N) is 1. The van der Waals surface area contributed by atoms with Gasteiger partial charge in [0, 0.05) is 12.6 Å². The SMILES string of the molecule is C/C=C/c1cc(Nc2nc(N)nc(N3CC(O)CC3c3ccc(F)cc3)n2)n[nH]1. The molecule has 2 atom stereocenters. The maximum Gasteiger partial charge on any atom is 0.235 e. The van der Waals surface area contributed by atoms with E-state index in [1.54, 1.807) is 18.2 Å². The molecule has 29 heavy (non-hydrogen) atoms. The van der Waals surface area contributed by atoms with Gasteiger partial charge in [0.25, 0.3) is 0 Å². The van der Waals surface area contributed by atoms with Gasteiger partial charge >= 0.3 is 0 Å². The van der Waals surface area contributed by atoms with Crippen molar-refractivity contribution in [1.29, 1.82) is 0 Å². The fourth-order valence-corrected chi connectivity index (χ4v) is 3.38. The van der Waals surface area contributed by atoms with Gasteiger partial charge < -0.3 is 21.1 Å². The van der Waals surface area contributed by atoms with E-state index in [1.165, 1.54) is 12.1 Å². The first-order valence-corrected chi connectivity index (χ1v) is 9.18. The zero-order valence-electron chi connectivity index (χ0n) is 15.7. The zero-order valence-corrected chi connectivity index (χ0v) is 15.7. The fraction of sp³-hybridized carbons (Fsp3) is 0.263. The number of benzene rings is 1. The number of nitrogens with zero attached hydrogens (tertiary/aromatic N) is 5. The minimum atomic E-state index is -0.561. The highest BCUT2D eigenvalue weighted by Gasteiger charge is 2.34. The second-order valence-corrected chi connectivity index (χ2v) is 6.76. The number of aromatic amines is 1. The molecule has 0 radical (unpaired) electrons. The van der Waals surface area contributed by atoms with Gasteiger partial charge in [-0.2, -0.15) is 20.1 Å². The van der Waals surface area contributed by atoms with Crippen molar-refractivity contribution in [2.24, 2.45) is 0 Å². The quantitative estimate of drug-likeness (QED) is 0.517. The largest absolute Gasteiger partial charge is 0.391 e. The van der Waals surface area contributed by atoms with Crippen LogP contribution in [0.25, 0.3) is 6.08 Å². The number of nitrogen functional groups attached to an aromatic ring is 1. The number of anilines is 4. The van der Waals surface area contributed by atoms with E-state index in [2.05, 4.69) is 30.5 Å². The standard InChI is InChI=1S/C19H21FN8O/c1-2-3-13-8-16(27-26-13)22-18-23-17(21)24-19(25-18)28-10-14(29)9-15(28)11-4-6-12(20)7-5-11/h2-8,14-15,29H,9-10H2,1H3,(H4,21,22,23,24,25,26,27)/b3-2+. The van der Waals surface area contributed by atoms with Gasteiger partial charge in [-0.05, 0) is 37.1 Å². The molecular weight excluding hydrogens is 375 g/mol. The van der Waals surface area contributed by atoms with E-state index in [1.807, 2.05) is 24.0 Å². The molecule has 0 saturated carbocycles. The molecule has 2 aromatic heterocycles. The topological polar surface area (TPSA) is 129 Å². The smallest absolute Gasteiger partial charge is 0.235 e. The molecule has 4 rings (SSSR count). The van der Waals surface area contributed by atoms with Gasteiger partial charge in [0.15, 0.2) is 5.82 Å². The lowest BCUT2D eigenvalue weighted by Crippen LogP contribution is -2.27. The van der Waals surface area contributed by atoms with E-state index in [0.717, 1.165) is 11.3 Å². The molecule has 2 unspecified atom stereocenters. The average Bonchev–Trinajstić information content (AvgIpc) is 3.28. The normalized spacial score (nSPS) is 19.2. The summed E-state index contributed by atoms with van der Waals surface area (Å²) in [5.74, 6) is 0.832. The molecule has 3 heterocycles. The monoisotopic (exact) mass is 396 g/mol. The summed E-state index contributed by atoms with van der Waals surface area (Å²) >= 11 is 0. The van der Waals surface area contributed by atoms with Crippen molar-refractivity contribution in [2.45, 2.75) is 25.5 Å². The van der Waals surface area contributed by atoms with Crippen LogP contribution in [0.4, 0.5) is 28.1 Å². The van der Waals surface area contributed by atoms with E-state index >= 15 is 0 Å². The van der Waals surface area contributed by atoms with Crippen LogP contribution in [0.3, 0.4) is 0 Å². The van der Waals surface area contributed by atoms with Crippen molar-refractivity contribution in [2.75, 3.05) is 22.5 Å². The molecule has 0 amide bonds. The van der Waals surface area contributed by atoms with Crippen LogP contribution in [0.15, 0.2) is 36.4 Å². The molecule has 5 N–H and O–H groups in total. The summed E-state index contributed by atoms with van der Waals surface area (Å²) < 4.78 is 13.3. The first kappa shape index (κ1) is 18.8. The van der Waals surface area contributed by atoms with E-state index in [4.69, 9.17) is 5.73 Å². The second kappa shape index (κ2) is 7.84.